The molecule has 2 rings (SSSR count). The molecule has 0 aromatic carbocycles. The van der Waals surface area contributed by atoms with Crippen molar-refractivity contribution in [3.63, 3.8) is 0 Å². The molecule has 0 radical (unpaired) electrons. The SMILES string of the molecule is CC(=O)OC[C@H]1O[C@H](O[C@]2(CCl)O[C@H](CN=[N+]=[N-])[C@@H](OC(C)=O)[C@@H]2OC(C)=O)[C@H](OC(C)=O)[C@@H](OC(C)=O)[C@H]1Cl. The molecular weight excluding hydrogens is 585 g/mol. The maximum atomic E-state index is 12.1. The average molecular weight is 614 g/mol. The molecule has 0 saturated carbocycles. The number of esters is 5. The Bertz CT molecular complexity index is 1030. The summed E-state index contributed by atoms with van der Waals surface area (Å²) in [6.07, 6.45) is -9.97. The summed E-state index contributed by atoms with van der Waals surface area (Å²) in [5.74, 6) is -6.73. The van der Waals surface area contributed by atoms with Gasteiger partial charge in [-0.25, -0.2) is 0 Å². The summed E-state index contributed by atoms with van der Waals surface area (Å²) < 4.78 is 44.3. The summed E-state index contributed by atoms with van der Waals surface area (Å²) in [4.78, 5) is 62.0. The Hall–Kier alpha value is -2.88. The van der Waals surface area contributed by atoms with Crippen LogP contribution in [0.3, 0.4) is 0 Å². The fourth-order valence-corrected chi connectivity index (χ4v) is 4.73. The second kappa shape index (κ2) is 14.7. The van der Waals surface area contributed by atoms with Gasteiger partial charge in [0, 0.05) is 39.5 Å². The standard InChI is InChI=1S/C22H29Cl2N3O13/c1-9(28)33-7-15-16(24)18(35-11(3)30)19(36-12(4)31)21(38-15)40-22(8-23)20(37-13(5)32)17(34-10(2)29)14(39-22)6-26-27-25/h14-21H,6-8H2,1-5H3/t14-,15-,16+,17-,18+,19-,20+,21-,22+/m1/s1. The van der Waals surface area contributed by atoms with E-state index in [9.17, 15) is 24.0 Å². The molecule has 0 aliphatic carbocycles. The van der Waals surface area contributed by atoms with Crippen molar-refractivity contribution in [2.45, 2.75) is 88.7 Å². The van der Waals surface area contributed by atoms with Crippen LogP contribution in [0.1, 0.15) is 34.6 Å². The number of hydrogen-bond acceptors (Lipinski definition) is 14. The number of alkyl halides is 2. The van der Waals surface area contributed by atoms with E-state index in [1.807, 2.05) is 0 Å². The minimum absolute atomic E-state index is 0.401. The molecule has 0 amide bonds. The van der Waals surface area contributed by atoms with Crippen LogP contribution in [0.5, 0.6) is 0 Å². The van der Waals surface area contributed by atoms with E-state index in [0.717, 1.165) is 34.6 Å². The number of rotatable bonds is 11. The Kier molecular flexibility index (Phi) is 12.2. The van der Waals surface area contributed by atoms with E-state index in [4.69, 9.17) is 66.6 Å². The summed E-state index contributed by atoms with van der Waals surface area (Å²) >= 11 is 12.8. The first kappa shape index (κ1) is 33.3. The zero-order valence-electron chi connectivity index (χ0n) is 22.1. The third kappa shape index (κ3) is 8.56. The molecule has 2 saturated heterocycles. The third-order valence-electron chi connectivity index (χ3n) is 5.50. The van der Waals surface area contributed by atoms with Crippen LogP contribution in [0.2, 0.25) is 0 Å². The highest BCUT2D eigenvalue weighted by atomic mass is 35.5. The third-order valence-corrected chi connectivity index (χ3v) is 6.40. The van der Waals surface area contributed by atoms with Crippen molar-refractivity contribution in [3.8, 4) is 0 Å². The van der Waals surface area contributed by atoms with Crippen molar-refractivity contribution in [3.05, 3.63) is 10.4 Å². The second-order valence-corrected chi connectivity index (χ2v) is 9.45. The number of nitrogens with zero attached hydrogens (tertiary/aromatic N) is 3. The number of azide groups is 1. The van der Waals surface area contributed by atoms with Gasteiger partial charge in [0.1, 0.15) is 24.2 Å². The monoisotopic (exact) mass is 613 g/mol. The predicted octanol–water partition coefficient (Wildman–Crippen LogP) is 1.27. The number of carbonyl (C=O) groups is 5. The summed E-state index contributed by atoms with van der Waals surface area (Å²) in [7, 11) is 0. The van der Waals surface area contributed by atoms with E-state index in [1.165, 1.54) is 0 Å². The molecule has 0 spiro atoms. The minimum atomic E-state index is -2.17. The molecule has 2 heterocycles. The van der Waals surface area contributed by atoms with E-state index >= 15 is 0 Å². The maximum Gasteiger partial charge on any atom is 0.303 e. The van der Waals surface area contributed by atoms with Crippen LogP contribution in [-0.2, 0) is 61.9 Å². The molecule has 18 heteroatoms. The quantitative estimate of drug-likeness (QED) is 0.0803. The number of ether oxygens (including phenoxy) is 8. The van der Waals surface area contributed by atoms with Crippen LogP contribution >= 0.6 is 23.2 Å². The van der Waals surface area contributed by atoms with Crippen molar-refractivity contribution < 1.29 is 61.9 Å². The lowest BCUT2D eigenvalue weighted by molar-refractivity contribution is -0.359. The van der Waals surface area contributed by atoms with Crippen molar-refractivity contribution in [2.75, 3.05) is 19.0 Å². The summed E-state index contributed by atoms with van der Waals surface area (Å²) in [5, 5.41) is 2.23. The number of hydrogen-bond donors (Lipinski definition) is 0. The van der Waals surface area contributed by atoms with Crippen molar-refractivity contribution in [1.82, 2.24) is 0 Å². The summed E-state index contributed by atoms with van der Waals surface area (Å²) in [6, 6.07) is 0. The highest BCUT2D eigenvalue weighted by Gasteiger charge is 2.63. The lowest BCUT2D eigenvalue weighted by Crippen LogP contribution is -2.63. The van der Waals surface area contributed by atoms with E-state index < -0.39 is 103 Å². The van der Waals surface area contributed by atoms with Crippen LogP contribution in [0, 0.1) is 0 Å². The van der Waals surface area contributed by atoms with Crippen molar-refractivity contribution >= 4 is 53.0 Å². The number of carbonyl (C=O) groups excluding carboxylic acids is 5. The Morgan fingerprint density at radius 1 is 0.850 bits per heavy atom. The molecule has 0 aromatic heterocycles. The van der Waals surface area contributed by atoms with E-state index in [1.54, 1.807) is 0 Å². The highest BCUT2D eigenvalue weighted by Crippen LogP contribution is 2.42. The second-order valence-electron chi connectivity index (χ2n) is 8.68. The molecule has 0 aromatic rings. The van der Waals surface area contributed by atoms with E-state index in [0.29, 0.717) is 0 Å². The lowest BCUT2D eigenvalue weighted by Gasteiger charge is -2.45. The van der Waals surface area contributed by atoms with Gasteiger partial charge in [0.2, 0.25) is 12.1 Å². The molecule has 0 N–H and O–H groups in total. The highest BCUT2D eigenvalue weighted by molar-refractivity contribution is 6.21. The van der Waals surface area contributed by atoms with Gasteiger partial charge in [-0.1, -0.05) is 5.11 Å². The van der Waals surface area contributed by atoms with Crippen LogP contribution in [0.4, 0.5) is 0 Å². The zero-order chi connectivity index (χ0) is 30.2. The van der Waals surface area contributed by atoms with E-state index in [2.05, 4.69) is 10.0 Å². The molecule has 2 aliphatic rings. The molecule has 16 nitrogen and oxygen atoms in total. The van der Waals surface area contributed by atoms with Gasteiger partial charge in [0.15, 0.2) is 24.4 Å². The van der Waals surface area contributed by atoms with Gasteiger partial charge in [-0.05, 0) is 5.53 Å². The molecule has 224 valence electrons. The van der Waals surface area contributed by atoms with E-state index in [-0.39, 0.29) is 0 Å². The maximum absolute atomic E-state index is 12.1. The summed E-state index contributed by atoms with van der Waals surface area (Å²) in [6.45, 7) is 4.61. The molecule has 2 aliphatic heterocycles. The fraction of sp³-hybridized carbons (Fsp3) is 0.773. The van der Waals surface area contributed by atoms with Gasteiger partial charge in [0.25, 0.3) is 0 Å². The van der Waals surface area contributed by atoms with Crippen LogP contribution < -0.4 is 0 Å². The van der Waals surface area contributed by atoms with Crippen LogP contribution in [0.25, 0.3) is 10.4 Å². The van der Waals surface area contributed by atoms with Crippen molar-refractivity contribution in [2.24, 2.45) is 5.11 Å². The van der Waals surface area contributed by atoms with Gasteiger partial charge < -0.3 is 37.9 Å². The molecule has 2 fully saturated rings. The first-order valence-corrected chi connectivity index (χ1v) is 12.8. The fourth-order valence-electron chi connectivity index (χ4n) is 4.13. The minimum Gasteiger partial charge on any atom is -0.463 e. The largest absolute Gasteiger partial charge is 0.463 e. The Labute approximate surface area is 238 Å². The van der Waals surface area contributed by atoms with Gasteiger partial charge in [0.05, 0.1) is 12.4 Å². The first-order chi connectivity index (χ1) is 18.7. The Morgan fingerprint density at radius 2 is 1.40 bits per heavy atom. The smallest absolute Gasteiger partial charge is 0.303 e. The first-order valence-electron chi connectivity index (χ1n) is 11.8. The zero-order valence-corrected chi connectivity index (χ0v) is 23.7. The molecule has 0 unspecified atom stereocenters. The van der Waals surface area contributed by atoms with Gasteiger partial charge in [-0.3, -0.25) is 24.0 Å². The van der Waals surface area contributed by atoms with Crippen LogP contribution in [-0.4, -0.2) is 103 Å². The Balaban J connectivity index is 2.60. The van der Waals surface area contributed by atoms with Crippen LogP contribution in [0.15, 0.2) is 5.11 Å². The molecule has 40 heavy (non-hydrogen) atoms. The van der Waals surface area contributed by atoms with Crippen molar-refractivity contribution in [1.29, 1.82) is 0 Å². The van der Waals surface area contributed by atoms with Gasteiger partial charge in [-0.15, -0.1) is 23.2 Å². The number of halogens is 2. The van der Waals surface area contributed by atoms with Gasteiger partial charge in [-0.2, -0.15) is 0 Å². The molecule has 0 bridgehead atoms. The van der Waals surface area contributed by atoms with Gasteiger partial charge >= 0.3 is 29.8 Å². The average Bonchev–Trinajstić information content (AvgIpc) is 3.11. The molecule has 9 atom stereocenters. The Morgan fingerprint density at radius 3 is 1.90 bits per heavy atom. The summed E-state index contributed by atoms with van der Waals surface area (Å²) in [5.41, 5.74) is 8.81. The normalized spacial score (nSPS) is 33.2. The lowest BCUT2D eigenvalue weighted by atomic mass is 10.0. The predicted molar refractivity (Wildman–Crippen MR) is 131 cm³/mol. The topological polar surface area (TPSA) is 208 Å². The molecular formula is C22H29Cl2N3O13.